The van der Waals surface area contributed by atoms with Crippen LogP contribution in [0.4, 0.5) is 5.69 Å². The number of aryl methyl sites for hydroxylation is 1. The second-order valence-electron chi connectivity index (χ2n) is 7.68. The number of pyridine rings is 1. The molecule has 1 aliphatic rings. The first-order chi connectivity index (χ1) is 15.2. The number of anilines is 1. The Labute approximate surface area is 178 Å². The number of hydrogen-bond acceptors (Lipinski definition) is 3. The second-order valence-corrected chi connectivity index (χ2v) is 7.68. The van der Waals surface area contributed by atoms with Crippen LogP contribution in [-0.4, -0.2) is 21.4 Å². The highest BCUT2D eigenvalue weighted by atomic mass is 16.2. The number of carbonyl (C=O) groups is 2. The van der Waals surface area contributed by atoms with Gasteiger partial charge in [-0.2, -0.15) is 0 Å². The SMILES string of the molecule is Cc1ccncc1N1C(=O)c2cccc(-n3c4ccccc4c4ccccc43)c2C1=O. The van der Waals surface area contributed by atoms with Gasteiger partial charge in [0.05, 0.1) is 39.7 Å². The minimum atomic E-state index is -0.325. The number of carbonyl (C=O) groups excluding carboxylic acids is 2. The van der Waals surface area contributed by atoms with Crippen molar-refractivity contribution in [1.29, 1.82) is 0 Å². The summed E-state index contributed by atoms with van der Waals surface area (Å²) >= 11 is 0. The molecular weight excluding hydrogens is 386 g/mol. The summed E-state index contributed by atoms with van der Waals surface area (Å²) in [5.41, 5.74) is 4.86. The van der Waals surface area contributed by atoms with Crippen LogP contribution in [0.15, 0.2) is 85.2 Å². The van der Waals surface area contributed by atoms with Gasteiger partial charge in [0.15, 0.2) is 0 Å². The average molecular weight is 403 g/mol. The van der Waals surface area contributed by atoms with Gasteiger partial charge in [0.2, 0.25) is 0 Å². The smallest absolute Gasteiger partial charge is 0.268 e. The Morgan fingerprint density at radius 3 is 2.06 bits per heavy atom. The minimum absolute atomic E-state index is 0.321. The molecule has 148 valence electrons. The number of hydrogen-bond donors (Lipinski definition) is 0. The molecule has 0 bridgehead atoms. The van der Waals surface area contributed by atoms with E-state index in [1.54, 1.807) is 24.5 Å². The van der Waals surface area contributed by atoms with Gasteiger partial charge in [-0.15, -0.1) is 0 Å². The lowest BCUT2D eigenvalue weighted by atomic mass is 10.1. The van der Waals surface area contributed by atoms with Crippen molar-refractivity contribution in [2.75, 3.05) is 4.90 Å². The molecule has 0 saturated heterocycles. The molecular formula is C26H17N3O2. The van der Waals surface area contributed by atoms with E-state index in [-0.39, 0.29) is 11.8 Å². The summed E-state index contributed by atoms with van der Waals surface area (Å²) < 4.78 is 2.08. The quantitative estimate of drug-likeness (QED) is 0.377. The van der Waals surface area contributed by atoms with Gasteiger partial charge >= 0.3 is 0 Å². The van der Waals surface area contributed by atoms with Crippen LogP contribution in [0, 0.1) is 6.92 Å². The Morgan fingerprint density at radius 2 is 1.39 bits per heavy atom. The molecule has 5 nitrogen and oxygen atoms in total. The summed E-state index contributed by atoms with van der Waals surface area (Å²) in [5.74, 6) is -0.646. The van der Waals surface area contributed by atoms with E-state index in [1.165, 1.54) is 4.90 Å². The monoisotopic (exact) mass is 403 g/mol. The number of imide groups is 1. The van der Waals surface area contributed by atoms with Crippen molar-refractivity contribution in [2.24, 2.45) is 0 Å². The molecule has 5 heteroatoms. The summed E-state index contributed by atoms with van der Waals surface area (Å²) in [4.78, 5) is 32.3. The molecule has 0 saturated carbocycles. The van der Waals surface area contributed by atoms with Crippen molar-refractivity contribution in [1.82, 2.24) is 9.55 Å². The lowest BCUT2D eigenvalue weighted by molar-refractivity contribution is 0.0926. The van der Waals surface area contributed by atoms with Gasteiger partial charge in [-0.1, -0.05) is 42.5 Å². The van der Waals surface area contributed by atoms with E-state index in [0.29, 0.717) is 22.5 Å². The van der Waals surface area contributed by atoms with Crippen LogP contribution in [-0.2, 0) is 0 Å². The molecule has 5 aromatic rings. The summed E-state index contributed by atoms with van der Waals surface area (Å²) in [6.07, 6.45) is 3.22. The number of nitrogens with zero attached hydrogens (tertiary/aromatic N) is 3. The number of rotatable bonds is 2. The number of aromatic nitrogens is 2. The minimum Gasteiger partial charge on any atom is -0.308 e. The van der Waals surface area contributed by atoms with Crippen LogP contribution in [0.2, 0.25) is 0 Å². The average Bonchev–Trinajstić information content (AvgIpc) is 3.26. The Kier molecular flexibility index (Phi) is 3.62. The molecule has 0 radical (unpaired) electrons. The molecule has 1 aliphatic heterocycles. The summed E-state index contributed by atoms with van der Waals surface area (Å²) in [6.45, 7) is 1.87. The van der Waals surface area contributed by atoms with E-state index in [4.69, 9.17) is 0 Å². The zero-order chi connectivity index (χ0) is 21.1. The normalized spacial score (nSPS) is 13.4. The molecule has 0 unspecified atom stereocenters. The second kappa shape index (κ2) is 6.37. The first-order valence-corrected chi connectivity index (χ1v) is 10.1. The number of para-hydroxylation sites is 2. The van der Waals surface area contributed by atoms with Gasteiger partial charge in [-0.25, -0.2) is 4.90 Å². The van der Waals surface area contributed by atoms with Gasteiger partial charge in [0, 0.05) is 17.0 Å². The summed E-state index contributed by atoms with van der Waals surface area (Å²) in [7, 11) is 0. The van der Waals surface area contributed by atoms with E-state index < -0.39 is 0 Å². The molecule has 2 amide bonds. The van der Waals surface area contributed by atoms with Crippen molar-refractivity contribution in [2.45, 2.75) is 6.92 Å². The highest BCUT2D eigenvalue weighted by molar-refractivity contribution is 6.36. The maximum absolute atomic E-state index is 13.6. The molecule has 0 atom stereocenters. The van der Waals surface area contributed by atoms with E-state index in [1.807, 2.05) is 55.5 Å². The van der Waals surface area contributed by atoms with Crippen molar-refractivity contribution < 1.29 is 9.59 Å². The van der Waals surface area contributed by atoms with E-state index in [2.05, 4.69) is 21.7 Å². The van der Waals surface area contributed by atoms with Crippen LogP contribution in [0.3, 0.4) is 0 Å². The predicted molar refractivity (Wildman–Crippen MR) is 121 cm³/mol. The highest BCUT2D eigenvalue weighted by Crippen LogP contribution is 2.37. The largest absolute Gasteiger partial charge is 0.308 e. The van der Waals surface area contributed by atoms with E-state index >= 15 is 0 Å². The van der Waals surface area contributed by atoms with Crippen molar-refractivity contribution in [3.63, 3.8) is 0 Å². The van der Waals surface area contributed by atoms with E-state index in [0.717, 1.165) is 27.4 Å². The van der Waals surface area contributed by atoms with Crippen LogP contribution in [0.25, 0.3) is 27.5 Å². The first-order valence-electron chi connectivity index (χ1n) is 10.1. The van der Waals surface area contributed by atoms with Crippen LogP contribution >= 0.6 is 0 Å². The molecule has 0 spiro atoms. The Hall–Kier alpha value is -4.25. The van der Waals surface area contributed by atoms with Gasteiger partial charge in [0.25, 0.3) is 11.8 Å². The molecule has 6 rings (SSSR count). The summed E-state index contributed by atoms with van der Waals surface area (Å²) in [6, 6.07) is 23.5. The Balaban J connectivity index is 1.66. The topological polar surface area (TPSA) is 55.2 Å². The van der Waals surface area contributed by atoms with Gasteiger partial charge in [-0.3, -0.25) is 14.6 Å². The van der Waals surface area contributed by atoms with Crippen molar-refractivity contribution in [3.8, 4) is 5.69 Å². The lowest BCUT2D eigenvalue weighted by Crippen LogP contribution is -2.30. The Bertz CT molecular complexity index is 1490. The van der Waals surface area contributed by atoms with Gasteiger partial charge in [0.1, 0.15) is 0 Å². The third-order valence-electron chi connectivity index (χ3n) is 5.97. The van der Waals surface area contributed by atoms with E-state index in [9.17, 15) is 9.59 Å². The molecule has 31 heavy (non-hydrogen) atoms. The molecule has 2 aromatic heterocycles. The fourth-order valence-electron chi connectivity index (χ4n) is 4.54. The zero-order valence-corrected chi connectivity index (χ0v) is 16.7. The van der Waals surface area contributed by atoms with Crippen LogP contribution in [0.1, 0.15) is 26.3 Å². The standard InChI is InChI=1S/C26H17N3O2/c1-16-13-14-27-15-23(16)29-25(30)19-9-6-12-22(24(19)26(29)31)28-20-10-4-2-7-17(20)18-8-3-5-11-21(18)28/h2-15H,1H3. The third kappa shape index (κ3) is 2.34. The fraction of sp³-hybridized carbons (Fsp3) is 0.0385. The molecule has 3 heterocycles. The molecule has 0 aliphatic carbocycles. The number of fused-ring (bicyclic) bond motifs is 4. The molecule has 0 fully saturated rings. The zero-order valence-electron chi connectivity index (χ0n) is 16.7. The first kappa shape index (κ1) is 17.6. The number of benzene rings is 3. The lowest BCUT2D eigenvalue weighted by Gasteiger charge is -2.16. The van der Waals surface area contributed by atoms with Crippen molar-refractivity contribution in [3.05, 3.63) is 102 Å². The molecule has 3 aromatic carbocycles. The van der Waals surface area contributed by atoms with Crippen LogP contribution < -0.4 is 4.90 Å². The highest BCUT2D eigenvalue weighted by Gasteiger charge is 2.39. The fourth-order valence-corrected chi connectivity index (χ4v) is 4.54. The van der Waals surface area contributed by atoms with Crippen molar-refractivity contribution >= 4 is 39.3 Å². The summed E-state index contributed by atoms with van der Waals surface area (Å²) in [5, 5.41) is 2.21. The number of amides is 2. The third-order valence-corrected chi connectivity index (χ3v) is 5.97. The predicted octanol–water partition coefficient (Wildman–Crippen LogP) is 5.29. The maximum Gasteiger partial charge on any atom is 0.268 e. The Morgan fingerprint density at radius 1 is 0.710 bits per heavy atom. The molecule has 0 N–H and O–H groups in total. The maximum atomic E-state index is 13.6. The van der Waals surface area contributed by atoms with Crippen LogP contribution in [0.5, 0.6) is 0 Å². The van der Waals surface area contributed by atoms with Gasteiger partial charge in [-0.05, 0) is 42.8 Å². The van der Waals surface area contributed by atoms with Gasteiger partial charge < -0.3 is 4.57 Å².